The number of rotatable bonds is 9. The van der Waals surface area contributed by atoms with Crippen LogP contribution in [0.3, 0.4) is 0 Å². The molecule has 0 radical (unpaired) electrons. The molecular formula is C14H23BO4. The average Bonchev–Trinajstić information content (AvgIpc) is 2.42. The third kappa shape index (κ3) is 5.64. The molecule has 0 bridgehead atoms. The van der Waals surface area contributed by atoms with E-state index in [1.165, 1.54) is 26.4 Å². The molecule has 0 aliphatic rings. The van der Waals surface area contributed by atoms with Crippen molar-refractivity contribution in [2.45, 2.75) is 39.2 Å². The Morgan fingerprint density at radius 1 is 1.16 bits per heavy atom. The van der Waals surface area contributed by atoms with Gasteiger partial charge in [-0.2, -0.15) is 0 Å². The Balaban J connectivity index is 2.44. The maximum atomic E-state index is 9.26. The van der Waals surface area contributed by atoms with Crippen molar-refractivity contribution in [2.24, 2.45) is 0 Å². The minimum Gasteiger partial charge on any atom is -0.497 e. The van der Waals surface area contributed by atoms with E-state index in [4.69, 9.17) is 9.47 Å². The van der Waals surface area contributed by atoms with E-state index in [2.05, 4.69) is 6.92 Å². The van der Waals surface area contributed by atoms with E-state index in [0.717, 1.165) is 18.6 Å². The molecular weight excluding hydrogens is 243 g/mol. The summed E-state index contributed by atoms with van der Waals surface area (Å²) < 4.78 is 10.6. The highest BCUT2D eigenvalue weighted by Gasteiger charge is 2.17. The average molecular weight is 266 g/mol. The van der Waals surface area contributed by atoms with Crippen LogP contribution in [0.2, 0.25) is 0 Å². The zero-order valence-electron chi connectivity index (χ0n) is 11.8. The van der Waals surface area contributed by atoms with Crippen molar-refractivity contribution in [2.75, 3.05) is 13.7 Å². The Morgan fingerprint density at radius 3 is 2.58 bits per heavy atom. The van der Waals surface area contributed by atoms with E-state index in [9.17, 15) is 10.0 Å². The molecule has 19 heavy (non-hydrogen) atoms. The highest BCUT2D eigenvalue weighted by Crippen LogP contribution is 2.11. The lowest BCUT2D eigenvalue weighted by Crippen LogP contribution is -2.31. The Kier molecular flexibility index (Phi) is 7.56. The van der Waals surface area contributed by atoms with Crippen LogP contribution in [0.1, 0.15) is 38.2 Å². The van der Waals surface area contributed by atoms with Gasteiger partial charge in [0.15, 0.2) is 0 Å². The molecule has 1 rings (SSSR count). The summed E-state index contributed by atoms with van der Waals surface area (Å²) in [5.41, 5.74) is 1.29. The van der Waals surface area contributed by atoms with E-state index in [1.807, 2.05) is 6.07 Å². The molecule has 0 atom stereocenters. The number of unbranched alkanes of at least 4 members (excludes halogenated alkanes) is 3. The Hall–Kier alpha value is -1.04. The molecule has 5 heteroatoms. The molecule has 0 saturated heterocycles. The monoisotopic (exact) mass is 266 g/mol. The Morgan fingerprint density at radius 2 is 1.95 bits per heavy atom. The van der Waals surface area contributed by atoms with Gasteiger partial charge in [0, 0.05) is 12.1 Å². The first-order valence-corrected chi connectivity index (χ1v) is 6.79. The molecule has 0 spiro atoms. The second kappa shape index (κ2) is 8.96. The van der Waals surface area contributed by atoms with Gasteiger partial charge in [-0.15, -0.1) is 0 Å². The van der Waals surface area contributed by atoms with E-state index in [0.29, 0.717) is 17.8 Å². The van der Waals surface area contributed by atoms with E-state index >= 15 is 0 Å². The van der Waals surface area contributed by atoms with Crippen LogP contribution in [0, 0.1) is 0 Å². The normalized spacial score (nSPS) is 10.5. The SMILES string of the molecule is CCCCCCOCc1ccc(OC)c(B(O)O)c1. The minimum atomic E-state index is -1.53. The smallest absolute Gasteiger partial charge is 0.492 e. The Bertz CT molecular complexity index is 368. The van der Waals surface area contributed by atoms with Crippen LogP contribution >= 0.6 is 0 Å². The van der Waals surface area contributed by atoms with Crippen molar-refractivity contribution in [3.8, 4) is 5.75 Å². The fourth-order valence-electron chi connectivity index (χ4n) is 1.90. The molecule has 0 aromatic heterocycles. The summed E-state index contributed by atoms with van der Waals surface area (Å²) in [4.78, 5) is 0. The Labute approximate surface area is 115 Å². The maximum absolute atomic E-state index is 9.26. The molecule has 106 valence electrons. The van der Waals surface area contributed by atoms with Gasteiger partial charge in [0.2, 0.25) is 0 Å². The van der Waals surface area contributed by atoms with Gasteiger partial charge in [-0.1, -0.05) is 38.3 Å². The van der Waals surface area contributed by atoms with Gasteiger partial charge in [0.1, 0.15) is 5.75 Å². The van der Waals surface area contributed by atoms with Gasteiger partial charge in [-0.25, -0.2) is 0 Å². The summed E-state index contributed by atoms with van der Waals surface area (Å²) in [6, 6.07) is 5.30. The number of hydrogen-bond acceptors (Lipinski definition) is 4. The van der Waals surface area contributed by atoms with Crippen molar-refractivity contribution in [3.05, 3.63) is 23.8 Å². The predicted octanol–water partition coefficient (Wildman–Crippen LogP) is 1.47. The fourth-order valence-corrected chi connectivity index (χ4v) is 1.90. The van der Waals surface area contributed by atoms with Gasteiger partial charge in [-0.05, 0) is 18.1 Å². The molecule has 0 heterocycles. The topological polar surface area (TPSA) is 58.9 Å². The quantitative estimate of drug-likeness (QED) is 0.525. The molecule has 0 amide bonds. The van der Waals surface area contributed by atoms with Gasteiger partial charge < -0.3 is 19.5 Å². The molecule has 0 aliphatic heterocycles. The third-order valence-electron chi connectivity index (χ3n) is 2.98. The molecule has 0 fully saturated rings. The molecule has 2 N–H and O–H groups in total. The molecule has 0 unspecified atom stereocenters. The molecule has 0 aliphatic carbocycles. The summed E-state index contributed by atoms with van der Waals surface area (Å²) in [7, 11) is -0.0232. The fraction of sp³-hybridized carbons (Fsp3) is 0.571. The minimum absolute atomic E-state index is 0.370. The molecule has 1 aromatic carbocycles. The highest BCUT2D eigenvalue weighted by atomic mass is 16.5. The summed E-state index contributed by atoms with van der Waals surface area (Å²) in [5.74, 6) is 0.474. The maximum Gasteiger partial charge on any atom is 0.492 e. The van der Waals surface area contributed by atoms with Crippen LogP contribution < -0.4 is 10.2 Å². The summed E-state index contributed by atoms with van der Waals surface area (Å²) in [6.07, 6.45) is 4.72. The summed E-state index contributed by atoms with van der Waals surface area (Å²) >= 11 is 0. The van der Waals surface area contributed by atoms with E-state index < -0.39 is 7.12 Å². The largest absolute Gasteiger partial charge is 0.497 e. The van der Waals surface area contributed by atoms with Crippen molar-refractivity contribution in [1.82, 2.24) is 0 Å². The van der Waals surface area contributed by atoms with Crippen LogP contribution in [0.25, 0.3) is 0 Å². The first-order chi connectivity index (χ1) is 9.19. The second-order valence-electron chi connectivity index (χ2n) is 4.56. The number of hydrogen-bond donors (Lipinski definition) is 2. The standard InChI is InChI=1S/C14H23BO4/c1-3-4-5-6-9-19-11-12-7-8-14(18-2)13(10-12)15(16)17/h7-8,10,16-17H,3-6,9,11H2,1-2H3. The second-order valence-corrected chi connectivity index (χ2v) is 4.56. The first kappa shape index (κ1) is 16.0. The zero-order valence-corrected chi connectivity index (χ0v) is 11.8. The van der Waals surface area contributed by atoms with Crippen LogP contribution in [0.4, 0.5) is 0 Å². The van der Waals surface area contributed by atoms with Crippen LogP contribution in [0.15, 0.2) is 18.2 Å². The van der Waals surface area contributed by atoms with Crippen LogP contribution in [-0.2, 0) is 11.3 Å². The molecule has 0 saturated carbocycles. The van der Waals surface area contributed by atoms with Gasteiger partial charge in [0.25, 0.3) is 0 Å². The number of ether oxygens (including phenoxy) is 2. The van der Waals surface area contributed by atoms with Crippen molar-refractivity contribution < 1.29 is 19.5 Å². The van der Waals surface area contributed by atoms with Crippen LogP contribution in [0.5, 0.6) is 5.75 Å². The van der Waals surface area contributed by atoms with Crippen molar-refractivity contribution in [3.63, 3.8) is 0 Å². The predicted molar refractivity (Wildman–Crippen MR) is 76.6 cm³/mol. The lowest BCUT2D eigenvalue weighted by atomic mass is 9.79. The third-order valence-corrected chi connectivity index (χ3v) is 2.98. The van der Waals surface area contributed by atoms with Crippen molar-refractivity contribution >= 4 is 12.6 Å². The van der Waals surface area contributed by atoms with Gasteiger partial charge >= 0.3 is 7.12 Å². The number of benzene rings is 1. The molecule has 4 nitrogen and oxygen atoms in total. The van der Waals surface area contributed by atoms with Crippen LogP contribution in [-0.4, -0.2) is 30.9 Å². The zero-order chi connectivity index (χ0) is 14.1. The molecule has 1 aromatic rings. The summed E-state index contributed by atoms with van der Waals surface area (Å²) in [5, 5.41) is 18.5. The highest BCUT2D eigenvalue weighted by molar-refractivity contribution is 6.59. The number of methoxy groups -OCH3 is 1. The first-order valence-electron chi connectivity index (χ1n) is 6.79. The van der Waals surface area contributed by atoms with E-state index in [1.54, 1.807) is 12.1 Å². The van der Waals surface area contributed by atoms with Gasteiger partial charge in [0.05, 0.1) is 13.7 Å². The van der Waals surface area contributed by atoms with Crippen molar-refractivity contribution in [1.29, 1.82) is 0 Å². The van der Waals surface area contributed by atoms with Gasteiger partial charge in [-0.3, -0.25) is 0 Å². The summed E-state index contributed by atoms with van der Waals surface area (Å²) in [6.45, 7) is 3.40. The lowest BCUT2D eigenvalue weighted by molar-refractivity contribution is 0.117. The lowest BCUT2D eigenvalue weighted by Gasteiger charge is -2.10. The van der Waals surface area contributed by atoms with E-state index in [-0.39, 0.29) is 0 Å².